The molecule has 0 atom stereocenters. The van der Waals surface area contributed by atoms with Crippen LogP contribution in [-0.4, -0.2) is 15.9 Å². The van der Waals surface area contributed by atoms with Crippen LogP contribution in [0.25, 0.3) is 22.6 Å². The van der Waals surface area contributed by atoms with Crippen LogP contribution in [0.5, 0.6) is 0 Å². The van der Waals surface area contributed by atoms with Crippen molar-refractivity contribution in [2.24, 2.45) is 0 Å². The molecule has 2 N–H and O–H groups in total. The van der Waals surface area contributed by atoms with Crippen molar-refractivity contribution in [3.05, 3.63) is 72.5 Å². The van der Waals surface area contributed by atoms with Crippen molar-refractivity contribution in [2.45, 2.75) is 0 Å². The number of aromatic nitrogens is 2. The molecule has 2 aromatic carbocycles. The Balaban J connectivity index is 1.73. The standard InChI is InChI=1S/C18H13N3O2/c22-18(19-12-6-2-1-3-7-12)13-8-4-9-14-16(13)21-17(20-14)15-10-5-11-23-15/h1-11H,(H,19,22)(H,20,21). The van der Waals surface area contributed by atoms with Gasteiger partial charge in [0.1, 0.15) is 5.52 Å². The van der Waals surface area contributed by atoms with Crippen LogP contribution in [0.3, 0.4) is 0 Å². The number of rotatable bonds is 3. The summed E-state index contributed by atoms with van der Waals surface area (Å²) in [6, 6.07) is 18.4. The van der Waals surface area contributed by atoms with Crippen LogP contribution in [0.2, 0.25) is 0 Å². The van der Waals surface area contributed by atoms with E-state index >= 15 is 0 Å². The molecule has 5 heteroatoms. The van der Waals surface area contributed by atoms with Crippen molar-refractivity contribution < 1.29 is 9.21 Å². The summed E-state index contributed by atoms with van der Waals surface area (Å²) >= 11 is 0. The first-order valence-electron chi connectivity index (χ1n) is 7.20. The topological polar surface area (TPSA) is 70.9 Å². The molecule has 112 valence electrons. The summed E-state index contributed by atoms with van der Waals surface area (Å²) in [6.07, 6.45) is 1.59. The Morgan fingerprint density at radius 3 is 2.65 bits per heavy atom. The van der Waals surface area contributed by atoms with Gasteiger partial charge in [0.15, 0.2) is 11.6 Å². The average Bonchev–Trinajstić information content (AvgIpc) is 3.24. The van der Waals surface area contributed by atoms with Gasteiger partial charge in [0, 0.05) is 5.69 Å². The molecule has 0 spiro atoms. The van der Waals surface area contributed by atoms with Gasteiger partial charge in [-0.2, -0.15) is 0 Å². The molecule has 5 nitrogen and oxygen atoms in total. The number of nitrogens with zero attached hydrogens (tertiary/aromatic N) is 1. The molecule has 0 unspecified atom stereocenters. The molecule has 0 fully saturated rings. The van der Waals surface area contributed by atoms with Crippen LogP contribution in [0.15, 0.2) is 71.3 Å². The highest BCUT2D eigenvalue weighted by molar-refractivity contribution is 6.11. The number of amides is 1. The van der Waals surface area contributed by atoms with E-state index in [-0.39, 0.29) is 5.91 Å². The molecular weight excluding hydrogens is 290 g/mol. The Kier molecular flexibility index (Phi) is 3.16. The zero-order valence-corrected chi connectivity index (χ0v) is 12.1. The molecule has 0 saturated carbocycles. The Hall–Kier alpha value is -3.34. The van der Waals surface area contributed by atoms with Gasteiger partial charge in [0.05, 0.1) is 17.3 Å². The fourth-order valence-corrected chi connectivity index (χ4v) is 2.47. The molecule has 0 bridgehead atoms. The number of hydrogen-bond acceptors (Lipinski definition) is 3. The van der Waals surface area contributed by atoms with E-state index < -0.39 is 0 Å². The number of imidazole rings is 1. The second-order valence-electron chi connectivity index (χ2n) is 5.08. The summed E-state index contributed by atoms with van der Waals surface area (Å²) in [6.45, 7) is 0. The first kappa shape index (κ1) is 13.3. The number of carbonyl (C=O) groups excluding carboxylic acids is 1. The fourth-order valence-electron chi connectivity index (χ4n) is 2.47. The number of carbonyl (C=O) groups is 1. The van der Waals surface area contributed by atoms with E-state index in [4.69, 9.17) is 4.42 Å². The minimum absolute atomic E-state index is 0.195. The van der Waals surface area contributed by atoms with Crippen molar-refractivity contribution in [3.8, 4) is 11.6 Å². The second-order valence-corrected chi connectivity index (χ2v) is 5.08. The summed E-state index contributed by atoms with van der Waals surface area (Å²) in [5, 5.41) is 2.88. The Labute approximate surface area is 132 Å². The molecule has 0 aliphatic rings. The minimum atomic E-state index is -0.195. The van der Waals surface area contributed by atoms with Crippen LogP contribution >= 0.6 is 0 Å². The van der Waals surface area contributed by atoms with E-state index in [1.165, 1.54) is 0 Å². The van der Waals surface area contributed by atoms with Gasteiger partial charge in [-0.15, -0.1) is 0 Å². The number of nitrogens with one attached hydrogen (secondary N) is 2. The summed E-state index contributed by atoms with van der Waals surface area (Å²) in [4.78, 5) is 20.2. The van der Waals surface area contributed by atoms with Crippen molar-refractivity contribution >= 4 is 22.6 Å². The number of para-hydroxylation sites is 2. The number of benzene rings is 2. The van der Waals surface area contributed by atoms with E-state index in [9.17, 15) is 4.79 Å². The van der Waals surface area contributed by atoms with E-state index in [0.717, 1.165) is 11.2 Å². The molecule has 0 radical (unpaired) electrons. The van der Waals surface area contributed by atoms with E-state index in [1.54, 1.807) is 18.4 Å². The number of furan rings is 1. The lowest BCUT2D eigenvalue weighted by Gasteiger charge is -2.05. The monoisotopic (exact) mass is 303 g/mol. The molecule has 1 amide bonds. The summed E-state index contributed by atoms with van der Waals surface area (Å²) < 4.78 is 5.35. The highest BCUT2D eigenvalue weighted by Crippen LogP contribution is 2.23. The van der Waals surface area contributed by atoms with Gasteiger partial charge in [0.25, 0.3) is 5.91 Å². The third-order valence-electron chi connectivity index (χ3n) is 3.54. The lowest BCUT2D eigenvalue weighted by molar-refractivity contribution is 0.102. The molecule has 4 rings (SSSR count). The molecule has 0 aliphatic carbocycles. The van der Waals surface area contributed by atoms with Crippen LogP contribution in [0.1, 0.15) is 10.4 Å². The lowest BCUT2D eigenvalue weighted by Crippen LogP contribution is -2.12. The zero-order valence-electron chi connectivity index (χ0n) is 12.1. The van der Waals surface area contributed by atoms with E-state index in [2.05, 4.69) is 15.3 Å². The smallest absolute Gasteiger partial charge is 0.257 e. The van der Waals surface area contributed by atoms with Crippen LogP contribution in [-0.2, 0) is 0 Å². The van der Waals surface area contributed by atoms with Crippen molar-refractivity contribution in [1.82, 2.24) is 9.97 Å². The van der Waals surface area contributed by atoms with Gasteiger partial charge in [-0.25, -0.2) is 4.98 Å². The Morgan fingerprint density at radius 2 is 1.87 bits per heavy atom. The molecule has 2 heterocycles. The van der Waals surface area contributed by atoms with Gasteiger partial charge in [-0.3, -0.25) is 4.79 Å². The van der Waals surface area contributed by atoms with Crippen molar-refractivity contribution in [2.75, 3.05) is 5.32 Å². The highest BCUT2D eigenvalue weighted by atomic mass is 16.3. The minimum Gasteiger partial charge on any atom is -0.461 e. The summed E-state index contributed by atoms with van der Waals surface area (Å²) in [5.74, 6) is 1.04. The molecule has 23 heavy (non-hydrogen) atoms. The normalized spacial score (nSPS) is 10.8. The maximum atomic E-state index is 12.5. The first-order valence-corrected chi connectivity index (χ1v) is 7.20. The second kappa shape index (κ2) is 5.46. The van der Waals surface area contributed by atoms with Gasteiger partial charge in [-0.1, -0.05) is 24.3 Å². The lowest BCUT2D eigenvalue weighted by atomic mass is 10.1. The van der Waals surface area contributed by atoms with Crippen molar-refractivity contribution in [3.63, 3.8) is 0 Å². The maximum Gasteiger partial charge on any atom is 0.257 e. The molecule has 2 aromatic heterocycles. The van der Waals surface area contributed by atoms with Gasteiger partial charge < -0.3 is 14.7 Å². The Bertz CT molecular complexity index is 957. The van der Waals surface area contributed by atoms with Crippen LogP contribution in [0, 0.1) is 0 Å². The number of H-pyrrole nitrogens is 1. The van der Waals surface area contributed by atoms with Crippen LogP contribution in [0.4, 0.5) is 5.69 Å². The SMILES string of the molecule is O=C(Nc1ccccc1)c1cccc2[nH]c(-c3ccco3)nc12. The van der Waals surface area contributed by atoms with E-state index in [1.807, 2.05) is 48.5 Å². The number of hydrogen-bond donors (Lipinski definition) is 2. The highest BCUT2D eigenvalue weighted by Gasteiger charge is 2.15. The number of aromatic amines is 1. The van der Waals surface area contributed by atoms with Crippen molar-refractivity contribution in [1.29, 1.82) is 0 Å². The van der Waals surface area contributed by atoms with Gasteiger partial charge >= 0.3 is 0 Å². The molecule has 0 aliphatic heterocycles. The molecular formula is C18H13N3O2. The molecule has 4 aromatic rings. The van der Waals surface area contributed by atoms with Gasteiger partial charge in [0.2, 0.25) is 0 Å². The number of anilines is 1. The van der Waals surface area contributed by atoms with E-state index in [0.29, 0.717) is 22.7 Å². The zero-order chi connectivity index (χ0) is 15.6. The third kappa shape index (κ3) is 2.48. The summed E-state index contributed by atoms with van der Waals surface area (Å²) in [5.41, 5.74) is 2.67. The Morgan fingerprint density at radius 1 is 1.00 bits per heavy atom. The first-order chi connectivity index (χ1) is 11.3. The predicted molar refractivity (Wildman–Crippen MR) is 88.2 cm³/mol. The fraction of sp³-hybridized carbons (Fsp3) is 0. The third-order valence-corrected chi connectivity index (χ3v) is 3.54. The predicted octanol–water partition coefficient (Wildman–Crippen LogP) is 4.08. The average molecular weight is 303 g/mol. The molecule has 0 saturated heterocycles. The van der Waals surface area contributed by atoms with Crippen LogP contribution < -0.4 is 5.32 Å². The van der Waals surface area contributed by atoms with Gasteiger partial charge in [-0.05, 0) is 36.4 Å². The summed E-state index contributed by atoms with van der Waals surface area (Å²) in [7, 11) is 0. The quantitative estimate of drug-likeness (QED) is 0.599. The number of fused-ring (bicyclic) bond motifs is 1. The largest absolute Gasteiger partial charge is 0.461 e. The maximum absolute atomic E-state index is 12.5.